The molecule has 1 amide bonds. The summed E-state index contributed by atoms with van der Waals surface area (Å²) in [6.07, 6.45) is -4.07. The Morgan fingerprint density at radius 2 is 1.69 bits per heavy atom. The zero-order chi connectivity index (χ0) is 28.8. The number of benzene rings is 2. The zero-order valence-electron chi connectivity index (χ0n) is 22.8. The molecule has 2 N–H and O–H groups in total. The van der Waals surface area contributed by atoms with E-state index in [1.165, 1.54) is 12.1 Å². The summed E-state index contributed by atoms with van der Waals surface area (Å²) < 4.78 is 46.6. The number of amides is 1. The predicted octanol–water partition coefficient (Wildman–Crippen LogP) is 7.51. The minimum Gasteiger partial charge on any atom is -0.481 e. The van der Waals surface area contributed by atoms with Crippen LogP contribution in [-0.2, 0) is 9.53 Å². The maximum Gasteiger partial charge on any atom is 0.389 e. The monoisotopic (exact) mass is 543 g/mol. The summed E-state index contributed by atoms with van der Waals surface area (Å²) >= 11 is 0. The van der Waals surface area contributed by atoms with Gasteiger partial charge in [0.15, 0.2) is 0 Å². The Balaban J connectivity index is 1.90. The molecule has 2 aromatic rings. The van der Waals surface area contributed by atoms with Gasteiger partial charge in [0.05, 0.1) is 18.1 Å². The van der Waals surface area contributed by atoms with Crippen molar-refractivity contribution in [1.29, 1.82) is 0 Å². The number of alkyl halides is 3. The van der Waals surface area contributed by atoms with Crippen LogP contribution in [0, 0.1) is 5.92 Å². The van der Waals surface area contributed by atoms with Crippen LogP contribution in [0.15, 0.2) is 71.8 Å². The van der Waals surface area contributed by atoms with E-state index in [1.807, 2.05) is 58.0 Å². The van der Waals surface area contributed by atoms with Gasteiger partial charge in [0.2, 0.25) is 0 Å². The Morgan fingerprint density at radius 3 is 2.23 bits per heavy atom. The summed E-state index contributed by atoms with van der Waals surface area (Å²) in [5.41, 5.74) is 4.36. The lowest BCUT2D eigenvalue weighted by molar-refractivity contribution is -0.153. The van der Waals surface area contributed by atoms with E-state index in [4.69, 9.17) is 9.84 Å². The van der Waals surface area contributed by atoms with Crippen LogP contribution in [0.1, 0.15) is 81.0 Å². The summed E-state index contributed by atoms with van der Waals surface area (Å²) in [6, 6.07) is 16.3. The van der Waals surface area contributed by atoms with Crippen LogP contribution in [0.25, 0.3) is 5.57 Å². The molecule has 0 bridgehead atoms. The average molecular weight is 544 g/mol. The number of rotatable bonds is 11. The topological polar surface area (TPSA) is 75.6 Å². The molecule has 0 spiro atoms. The molecule has 2 atom stereocenters. The molecule has 0 saturated carbocycles. The third kappa shape index (κ3) is 8.05. The van der Waals surface area contributed by atoms with Gasteiger partial charge >= 0.3 is 12.1 Å². The molecular formula is C31H36F3NO4. The molecule has 0 aliphatic heterocycles. The van der Waals surface area contributed by atoms with Gasteiger partial charge in [0.1, 0.15) is 0 Å². The fourth-order valence-electron chi connectivity index (χ4n) is 5.08. The fourth-order valence-corrected chi connectivity index (χ4v) is 5.08. The number of ether oxygens (including phenoxy) is 1. The summed E-state index contributed by atoms with van der Waals surface area (Å²) in [4.78, 5) is 23.0. The molecule has 8 heteroatoms. The summed E-state index contributed by atoms with van der Waals surface area (Å²) in [6.45, 7) is 8.05. The van der Waals surface area contributed by atoms with E-state index in [0.717, 1.165) is 22.3 Å². The van der Waals surface area contributed by atoms with Gasteiger partial charge in [-0.2, -0.15) is 13.2 Å². The Hall–Kier alpha value is -3.39. The van der Waals surface area contributed by atoms with E-state index >= 15 is 0 Å². The maximum absolute atomic E-state index is 13.3. The SMILES string of the molecule is CC1=CC(OC(CCC(F)(F)F)c2ccc(C(=O)NCCC(=O)O)cc2)(C(C)C)CC(C)=C1c1ccccc1. The number of hydrogen-bond acceptors (Lipinski definition) is 3. The normalized spacial score (nSPS) is 18.6. The van der Waals surface area contributed by atoms with Gasteiger partial charge in [0.25, 0.3) is 5.91 Å². The lowest BCUT2D eigenvalue weighted by atomic mass is 9.74. The predicted molar refractivity (Wildman–Crippen MR) is 145 cm³/mol. The first-order valence-electron chi connectivity index (χ1n) is 13.1. The number of carbonyl (C=O) groups is 2. The highest BCUT2D eigenvalue weighted by molar-refractivity contribution is 5.94. The van der Waals surface area contributed by atoms with Crippen LogP contribution in [0.5, 0.6) is 0 Å². The van der Waals surface area contributed by atoms with Crippen LogP contribution in [0.2, 0.25) is 0 Å². The molecule has 3 rings (SSSR count). The molecule has 0 radical (unpaired) electrons. The minimum absolute atomic E-state index is 0.0202. The molecular weight excluding hydrogens is 507 g/mol. The number of hydrogen-bond donors (Lipinski definition) is 2. The van der Waals surface area contributed by atoms with Crippen molar-refractivity contribution in [3.05, 3.63) is 88.5 Å². The van der Waals surface area contributed by atoms with E-state index in [-0.39, 0.29) is 30.9 Å². The highest BCUT2D eigenvalue weighted by atomic mass is 19.4. The van der Waals surface area contributed by atoms with E-state index in [2.05, 4.69) is 11.4 Å². The smallest absolute Gasteiger partial charge is 0.389 e. The molecule has 0 saturated heterocycles. The molecule has 0 fully saturated rings. The number of carboxylic acid groups (broad SMARTS) is 1. The van der Waals surface area contributed by atoms with Crippen molar-refractivity contribution < 1.29 is 32.6 Å². The van der Waals surface area contributed by atoms with Crippen LogP contribution >= 0.6 is 0 Å². The highest BCUT2D eigenvalue weighted by Crippen LogP contribution is 2.45. The van der Waals surface area contributed by atoms with Crippen LogP contribution in [0.4, 0.5) is 13.2 Å². The van der Waals surface area contributed by atoms with Crippen molar-refractivity contribution in [2.45, 2.75) is 71.3 Å². The number of carbonyl (C=O) groups excluding carboxylic acids is 1. The number of aliphatic carboxylic acids is 1. The van der Waals surface area contributed by atoms with Gasteiger partial charge in [-0.05, 0) is 66.7 Å². The summed E-state index contributed by atoms with van der Waals surface area (Å²) in [5.74, 6) is -1.50. The minimum atomic E-state index is -4.34. The van der Waals surface area contributed by atoms with Gasteiger partial charge in [0, 0.05) is 24.9 Å². The second kappa shape index (κ2) is 12.6. The molecule has 2 unspecified atom stereocenters. The Bertz CT molecular complexity index is 1220. The van der Waals surface area contributed by atoms with Crippen molar-refractivity contribution in [3.8, 4) is 0 Å². The van der Waals surface area contributed by atoms with Crippen LogP contribution in [-0.4, -0.2) is 35.3 Å². The molecule has 0 aromatic heterocycles. The zero-order valence-corrected chi connectivity index (χ0v) is 22.8. The summed E-state index contributed by atoms with van der Waals surface area (Å²) in [7, 11) is 0. The molecule has 1 aliphatic rings. The lowest BCUT2D eigenvalue weighted by Crippen LogP contribution is -2.40. The van der Waals surface area contributed by atoms with Crippen molar-refractivity contribution in [2.24, 2.45) is 5.92 Å². The van der Waals surface area contributed by atoms with Gasteiger partial charge in [-0.3, -0.25) is 9.59 Å². The fraction of sp³-hybridized carbons (Fsp3) is 0.419. The van der Waals surface area contributed by atoms with E-state index in [1.54, 1.807) is 12.1 Å². The first-order valence-corrected chi connectivity index (χ1v) is 13.1. The third-order valence-electron chi connectivity index (χ3n) is 7.08. The molecule has 39 heavy (non-hydrogen) atoms. The van der Waals surface area contributed by atoms with Crippen molar-refractivity contribution >= 4 is 17.4 Å². The van der Waals surface area contributed by atoms with Gasteiger partial charge in [-0.15, -0.1) is 0 Å². The largest absolute Gasteiger partial charge is 0.481 e. The second-order valence-electron chi connectivity index (χ2n) is 10.4. The number of carboxylic acids is 1. The first kappa shape index (κ1) is 30.2. The third-order valence-corrected chi connectivity index (χ3v) is 7.08. The molecule has 210 valence electrons. The Labute approximate surface area is 227 Å². The highest BCUT2D eigenvalue weighted by Gasteiger charge is 2.40. The van der Waals surface area contributed by atoms with Gasteiger partial charge < -0.3 is 15.2 Å². The van der Waals surface area contributed by atoms with E-state index in [0.29, 0.717) is 12.0 Å². The van der Waals surface area contributed by atoms with Crippen molar-refractivity contribution in [1.82, 2.24) is 5.32 Å². The second-order valence-corrected chi connectivity index (χ2v) is 10.4. The molecule has 5 nitrogen and oxygen atoms in total. The van der Waals surface area contributed by atoms with Gasteiger partial charge in [-0.25, -0.2) is 0 Å². The lowest BCUT2D eigenvalue weighted by Gasteiger charge is -2.42. The van der Waals surface area contributed by atoms with E-state index < -0.39 is 36.2 Å². The number of allylic oxidation sites excluding steroid dienone is 2. The van der Waals surface area contributed by atoms with Crippen molar-refractivity contribution in [2.75, 3.05) is 6.54 Å². The first-order chi connectivity index (χ1) is 18.3. The van der Waals surface area contributed by atoms with Crippen LogP contribution in [0.3, 0.4) is 0 Å². The Kier molecular flexibility index (Phi) is 9.78. The standard InChI is InChI=1S/C31H36F3NO4/c1-20(2)30(18-21(3)28(22(4)19-30)24-8-6-5-7-9-24)39-26(14-16-31(32,33)34)23-10-12-25(13-11-23)29(38)35-17-15-27(36)37/h5-13,18,20,26H,14-17,19H2,1-4H3,(H,35,38)(H,36,37). The Morgan fingerprint density at radius 1 is 1.05 bits per heavy atom. The van der Waals surface area contributed by atoms with Gasteiger partial charge in [-0.1, -0.05) is 61.9 Å². The van der Waals surface area contributed by atoms with Crippen LogP contribution < -0.4 is 5.32 Å². The quantitative estimate of drug-likeness (QED) is 0.308. The van der Waals surface area contributed by atoms with E-state index in [9.17, 15) is 22.8 Å². The van der Waals surface area contributed by atoms with Crippen molar-refractivity contribution in [3.63, 3.8) is 0 Å². The molecule has 2 aromatic carbocycles. The number of nitrogens with one attached hydrogen (secondary N) is 1. The molecule has 1 aliphatic carbocycles. The average Bonchev–Trinajstić information content (AvgIpc) is 2.86. The number of halogens is 3. The molecule has 0 heterocycles. The maximum atomic E-state index is 13.3. The summed E-state index contributed by atoms with van der Waals surface area (Å²) in [5, 5.41) is 11.3.